The fraction of sp³-hybridized carbons (Fsp3) is 0.556. The highest BCUT2D eigenvalue weighted by Crippen LogP contribution is 2.32. The molecule has 23 heavy (non-hydrogen) atoms. The van der Waals surface area contributed by atoms with Crippen LogP contribution in [-0.4, -0.2) is 37.9 Å². The SMILES string of the molecule is CCOC(OCC)(OCC)[C@@H](CCC=O)C(=O)c1ccccc1. The maximum Gasteiger partial charge on any atom is 0.293 e. The van der Waals surface area contributed by atoms with Crippen molar-refractivity contribution in [3.63, 3.8) is 0 Å². The van der Waals surface area contributed by atoms with Crippen molar-refractivity contribution in [2.45, 2.75) is 39.6 Å². The largest absolute Gasteiger partial charge is 0.327 e. The van der Waals surface area contributed by atoms with Crippen LogP contribution in [0.25, 0.3) is 0 Å². The highest BCUT2D eigenvalue weighted by Gasteiger charge is 2.46. The van der Waals surface area contributed by atoms with Crippen LogP contribution in [0.2, 0.25) is 0 Å². The summed E-state index contributed by atoms with van der Waals surface area (Å²) in [6.07, 6.45) is 1.33. The first-order valence-electron chi connectivity index (χ1n) is 8.09. The van der Waals surface area contributed by atoms with Gasteiger partial charge in [0.05, 0.1) is 0 Å². The van der Waals surface area contributed by atoms with Crippen LogP contribution in [0.4, 0.5) is 0 Å². The molecule has 5 nitrogen and oxygen atoms in total. The number of hydrogen-bond donors (Lipinski definition) is 0. The number of carbonyl (C=O) groups is 2. The lowest BCUT2D eigenvalue weighted by atomic mass is 9.90. The molecule has 0 spiro atoms. The van der Waals surface area contributed by atoms with Crippen molar-refractivity contribution in [3.05, 3.63) is 35.9 Å². The minimum absolute atomic E-state index is 0.150. The molecule has 0 N–H and O–H groups in total. The molecule has 0 unspecified atom stereocenters. The van der Waals surface area contributed by atoms with Crippen LogP contribution in [0, 0.1) is 5.92 Å². The van der Waals surface area contributed by atoms with E-state index in [-0.39, 0.29) is 12.2 Å². The highest BCUT2D eigenvalue weighted by atomic mass is 16.9. The molecule has 0 saturated carbocycles. The first-order chi connectivity index (χ1) is 11.1. The van der Waals surface area contributed by atoms with Gasteiger partial charge < -0.3 is 19.0 Å². The second kappa shape index (κ2) is 10.3. The van der Waals surface area contributed by atoms with E-state index in [1.807, 2.05) is 26.8 Å². The van der Waals surface area contributed by atoms with Gasteiger partial charge in [-0.3, -0.25) is 4.79 Å². The summed E-state index contributed by atoms with van der Waals surface area (Å²) < 4.78 is 17.2. The molecule has 1 atom stereocenters. The summed E-state index contributed by atoms with van der Waals surface area (Å²) in [5, 5.41) is 0. The van der Waals surface area contributed by atoms with Crippen molar-refractivity contribution in [3.8, 4) is 0 Å². The third kappa shape index (κ3) is 5.23. The van der Waals surface area contributed by atoms with Crippen LogP contribution in [0.1, 0.15) is 44.0 Å². The molecule has 1 aromatic rings. The van der Waals surface area contributed by atoms with Crippen LogP contribution in [0.3, 0.4) is 0 Å². The second-order valence-corrected chi connectivity index (χ2v) is 4.93. The molecule has 0 aromatic heterocycles. The number of carbonyl (C=O) groups excluding carboxylic acids is 2. The summed E-state index contributed by atoms with van der Waals surface area (Å²) in [5.74, 6) is -2.33. The van der Waals surface area contributed by atoms with E-state index in [4.69, 9.17) is 14.2 Å². The minimum Gasteiger partial charge on any atom is -0.327 e. The van der Waals surface area contributed by atoms with Crippen molar-refractivity contribution in [1.82, 2.24) is 0 Å². The van der Waals surface area contributed by atoms with E-state index in [0.29, 0.717) is 31.8 Å². The van der Waals surface area contributed by atoms with Crippen LogP contribution < -0.4 is 0 Å². The third-order valence-corrected chi connectivity index (χ3v) is 3.41. The fourth-order valence-corrected chi connectivity index (χ4v) is 2.54. The summed E-state index contributed by atoms with van der Waals surface area (Å²) in [6.45, 7) is 6.45. The predicted molar refractivity (Wildman–Crippen MR) is 87.2 cm³/mol. The molecule has 0 aliphatic carbocycles. The van der Waals surface area contributed by atoms with Gasteiger partial charge in [0, 0.05) is 31.8 Å². The van der Waals surface area contributed by atoms with Gasteiger partial charge in [-0.05, 0) is 27.2 Å². The van der Waals surface area contributed by atoms with E-state index in [2.05, 4.69) is 0 Å². The van der Waals surface area contributed by atoms with Crippen molar-refractivity contribution in [1.29, 1.82) is 0 Å². The Labute approximate surface area is 137 Å². The standard InChI is InChI=1S/C18H26O5/c1-4-21-18(22-5-2,23-6-3)16(13-10-14-19)17(20)15-11-8-7-9-12-15/h7-9,11-12,14,16H,4-6,10,13H2,1-3H3/t16-/m0/s1. The van der Waals surface area contributed by atoms with Crippen molar-refractivity contribution >= 4 is 12.1 Å². The molecule has 0 amide bonds. The zero-order chi connectivity index (χ0) is 17.1. The van der Waals surface area contributed by atoms with Crippen molar-refractivity contribution < 1.29 is 23.8 Å². The predicted octanol–water partition coefficient (Wildman–Crippen LogP) is 3.23. The topological polar surface area (TPSA) is 61.8 Å². The molecule has 1 rings (SSSR count). The van der Waals surface area contributed by atoms with Gasteiger partial charge in [-0.25, -0.2) is 0 Å². The Kier molecular flexibility index (Phi) is 8.69. The Morgan fingerprint density at radius 3 is 2.00 bits per heavy atom. The molecule has 0 aliphatic rings. The summed E-state index contributed by atoms with van der Waals surface area (Å²) in [7, 11) is 0. The van der Waals surface area contributed by atoms with Gasteiger partial charge >= 0.3 is 0 Å². The lowest BCUT2D eigenvalue weighted by molar-refractivity contribution is -0.393. The highest BCUT2D eigenvalue weighted by molar-refractivity contribution is 5.98. The maximum absolute atomic E-state index is 13.0. The Morgan fingerprint density at radius 2 is 1.57 bits per heavy atom. The number of ether oxygens (including phenoxy) is 3. The Hall–Kier alpha value is -1.56. The lowest BCUT2D eigenvalue weighted by Crippen LogP contribution is -2.50. The Morgan fingerprint density at radius 1 is 1.04 bits per heavy atom. The molecular weight excluding hydrogens is 296 g/mol. The first kappa shape index (κ1) is 19.5. The van der Waals surface area contributed by atoms with Gasteiger partial charge in [0.2, 0.25) is 0 Å². The van der Waals surface area contributed by atoms with E-state index < -0.39 is 11.9 Å². The average Bonchev–Trinajstić information content (AvgIpc) is 2.56. The summed E-state index contributed by atoms with van der Waals surface area (Å²) in [6, 6.07) is 8.93. The van der Waals surface area contributed by atoms with E-state index >= 15 is 0 Å². The van der Waals surface area contributed by atoms with Gasteiger partial charge in [-0.15, -0.1) is 0 Å². The minimum atomic E-state index is -1.46. The number of benzene rings is 1. The van der Waals surface area contributed by atoms with E-state index in [1.165, 1.54) is 0 Å². The molecule has 1 aromatic carbocycles. The normalized spacial score (nSPS) is 12.8. The van der Waals surface area contributed by atoms with E-state index in [1.54, 1.807) is 24.3 Å². The zero-order valence-electron chi connectivity index (χ0n) is 14.1. The van der Waals surface area contributed by atoms with E-state index in [9.17, 15) is 9.59 Å². The molecule has 0 radical (unpaired) electrons. The zero-order valence-corrected chi connectivity index (χ0v) is 14.1. The number of ketones is 1. The Bertz CT molecular complexity index is 455. The summed E-state index contributed by atoms with van der Waals surface area (Å²) >= 11 is 0. The van der Waals surface area contributed by atoms with Crippen LogP contribution in [-0.2, 0) is 19.0 Å². The third-order valence-electron chi connectivity index (χ3n) is 3.41. The molecule has 0 heterocycles. The lowest BCUT2D eigenvalue weighted by Gasteiger charge is -2.38. The van der Waals surface area contributed by atoms with Gasteiger partial charge in [-0.2, -0.15) is 0 Å². The number of rotatable bonds is 12. The second-order valence-electron chi connectivity index (χ2n) is 4.93. The number of aldehydes is 1. The molecule has 5 heteroatoms. The van der Waals surface area contributed by atoms with Crippen LogP contribution in [0.5, 0.6) is 0 Å². The van der Waals surface area contributed by atoms with Crippen molar-refractivity contribution in [2.75, 3.05) is 19.8 Å². The quantitative estimate of drug-likeness (QED) is 0.336. The Balaban J connectivity index is 3.21. The number of hydrogen-bond acceptors (Lipinski definition) is 5. The van der Waals surface area contributed by atoms with Gasteiger partial charge in [0.15, 0.2) is 5.78 Å². The molecular formula is C18H26O5. The molecule has 0 saturated heterocycles. The summed E-state index contributed by atoms with van der Waals surface area (Å²) in [4.78, 5) is 23.8. The monoisotopic (exact) mass is 322 g/mol. The number of Topliss-reactive ketones (excluding diaryl/α,β-unsaturated/α-hetero) is 1. The molecule has 0 bridgehead atoms. The maximum atomic E-state index is 13.0. The molecule has 128 valence electrons. The smallest absolute Gasteiger partial charge is 0.293 e. The van der Waals surface area contributed by atoms with Crippen LogP contribution in [0.15, 0.2) is 30.3 Å². The van der Waals surface area contributed by atoms with Gasteiger partial charge in [0.1, 0.15) is 12.2 Å². The van der Waals surface area contributed by atoms with Gasteiger partial charge in [-0.1, -0.05) is 30.3 Å². The van der Waals surface area contributed by atoms with Crippen LogP contribution >= 0.6 is 0 Å². The van der Waals surface area contributed by atoms with Crippen molar-refractivity contribution in [2.24, 2.45) is 5.92 Å². The summed E-state index contributed by atoms with van der Waals surface area (Å²) in [5.41, 5.74) is 0.548. The van der Waals surface area contributed by atoms with Gasteiger partial charge in [0.25, 0.3) is 5.97 Å². The average molecular weight is 322 g/mol. The molecule has 0 fully saturated rings. The fourth-order valence-electron chi connectivity index (χ4n) is 2.54. The van der Waals surface area contributed by atoms with E-state index in [0.717, 1.165) is 6.29 Å². The molecule has 0 aliphatic heterocycles. The first-order valence-corrected chi connectivity index (χ1v) is 8.09.